The first-order valence-corrected chi connectivity index (χ1v) is 7.52. The SMILES string of the molecule is CC(NC(=O)CCCn1ccnc1)c1cccc(Cl)c1Cl. The Bertz CT molecular complexity index is 599. The van der Waals surface area contributed by atoms with Gasteiger partial charge in [0, 0.05) is 25.4 Å². The fourth-order valence-corrected chi connectivity index (χ4v) is 2.56. The van der Waals surface area contributed by atoms with Gasteiger partial charge in [-0.2, -0.15) is 0 Å². The van der Waals surface area contributed by atoms with Gasteiger partial charge in [-0.05, 0) is 25.0 Å². The number of nitrogens with zero attached hydrogens (tertiary/aromatic N) is 2. The zero-order valence-corrected chi connectivity index (χ0v) is 13.2. The summed E-state index contributed by atoms with van der Waals surface area (Å²) in [5.74, 6) is -0.00124. The average molecular weight is 326 g/mol. The lowest BCUT2D eigenvalue weighted by molar-refractivity contribution is -0.121. The number of amides is 1. The van der Waals surface area contributed by atoms with Gasteiger partial charge in [-0.3, -0.25) is 4.79 Å². The van der Waals surface area contributed by atoms with Crippen LogP contribution >= 0.6 is 23.2 Å². The summed E-state index contributed by atoms with van der Waals surface area (Å²) in [6.07, 6.45) is 6.57. The van der Waals surface area contributed by atoms with E-state index in [1.807, 2.05) is 29.8 Å². The Morgan fingerprint density at radius 1 is 1.43 bits per heavy atom. The Hall–Kier alpha value is -1.52. The van der Waals surface area contributed by atoms with Crippen molar-refractivity contribution in [1.29, 1.82) is 0 Å². The van der Waals surface area contributed by atoms with Crippen LogP contribution < -0.4 is 5.32 Å². The largest absolute Gasteiger partial charge is 0.350 e. The van der Waals surface area contributed by atoms with Crippen LogP contribution in [0.15, 0.2) is 36.9 Å². The number of aryl methyl sites for hydroxylation is 1. The summed E-state index contributed by atoms with van der Waals surface area (Å²) < 4.78 is 1.95. The number of carbonyl (C=O) groups is 1. The van der Waals surface area contributed by atoms with Crippen molar-refractivity contribution >= 4 is 29.1 Å². The van der Waals surface area contributed by atoms with Gasteiger partial charge in [0.05, 0.1) is 22.4 Å². The van der Waals surface area contributed by atoms with Crippen LogP contribution in [0.1, 0.15) is 31.4 Å². The Balaban J connectivity index is 1.83. The van der Waals surface area contributed by atoms with Crippen LogP contribution in [0, 0.1) is 0 Å². The van der Waals surface area contributed by atoms with Crippen LogP contribution in [0.5, 0.6) is 0 Å². The number of nitrogens with one attached hydrogen (secondary N) is 1. The number of hydrogen-bond donors (Lipinski definition) is 1. The quantitative estimate of drug-likeness (QED) is 0.876. The van der Waals surface area contributed by atoms with Crippen molar-refractivity contribution in [3.63, 3.8) is 0 Å². The molecule has 0 spiro atoms. The topological polar surface area (TPSA) is 46.9 Å². The molecule has 1 unspecified atom stereocenters. The Labute approximate surface area is 134 Å². The van der Waals surface area contributed by atoms with Crippen molar-refractivity contribution in [2.24, 2.45) is 0 Å². The predicted molar refractivity (Wildman–Crippen MR) is 84.5 cm³/mol. The van der Waals surface area contributed by atoms with Crippen LogP contribution in [0.2, 0.25) is 10.0 Å². The first-order valence-electron chi connectivity index (χ1n) is 6.77. The van der Waals surface area contributed by atoms with Gasteiger partial charge in [-0.1, -0.05) is 35.3 Å². The fourth-order valence-electron chi connectivity index (χ4n) is 2.09. The van der Waals surface area contributed by atoms with Crippen LogP contribution in [-0.2, 0) is 11.3 Å². The van der Waals surface area contributed by atoms with Crippen molar-refractivity contribution < 1.29 is 4.79 Å². The summed E-state index contributed by atoms with van der Waals surface area (Å²) in [5.41, 5.74) is 0.826. The maximum Gasteiger partial charge on any atom is 0.220 e. The number of benzene rings is 1. The number of aromatic nitrogens is 2. The van der Waals surface area contributed by atoms with E-state index in [0.29, 0.717) is 16.5 Å². The third-order valence-electron chi connectivity index (χ3n) is 3.20. The zero-order valence-electron chi connectivity index (χ0n) is 11.7. The molecule has 1 aromatic carbocycles. The molecule has 1 amide bonds. The molecule has 21 heavy (non-hydrogen) atoms. The van der Waals surface area contributed by atoms with Crippen LogP contribution in [0.3, 0.4) is 0 Å². The molecule has 112 valence electrons. The van der Waals surface area contributed by atoms with E-state index in [4.69, 9.17) is 23.2 Å². The Morgan fingerprint density at radius 3 is 2.95 bits per heavy atom. The maximum absolute atomic E-state index is 11.9. The first kappa shape index (κ1) is 15.9. The lowest BCUT2D eigenvalue weighted by atomic mass is 10.1. The van der Waals surface area contributed by atoms with Gasteiger partial charge < -0.3 is 9.88 Å². The summed E-state index contributed by atoms with van der Waals surface area (Å²) in [5, 5.41) is 3.92. The minimum atomic E-state index is -0.169. The van der Waals surface area contributed by atoms with E-state index in [1.54, 1.807) is 18.6 Å². The molecule has 1 atom stereocenters. The number of imidazole rings is 1. The van der Waals surface area contributed by atoms with Crippen LogP contribution in [-0.4, -0.2) is 15.5 Å². The molecule has 2 aromatic rings. The summed E-state index contributed by atoms with van der Waals surface area (Å²) in [6.45, 7) is 2.67. The molecule has 0 bridgehead atoms. The normalized spacial score (nSPS) is 12.1. The van der Waals surface area contributed by atoms with Crippen molar-refractivity contribution in [2.45, 2.75) is 32.4 Å². The van der Waals surface area contributed by atoms with Crippen molar-refractivity contribution in [3.05, 3.63) is 52.5 Å². The highest BCUT2D eigenvalue weighted by atomic mass is 35.5. The van der Waals surface area contributed by atoms with E-state index in [0.717, 1.165) is 18.5 Å². The molecule has 0 radical (unpaired) electrons. The number of hydrogen-bond acceptors (Lipinski definition) is 2. The molecule has 1 aromatic heterocycles. The number of carbonyl (C=O) groups excluding carboxylic acids is 1. The highest BCUT2D eigenvalue weighted by Gasteiger charge is 2.14. The van der Waals surface area contributed by atoms with Gasteiger partial charge in [-0.25, -0.2) is 4.98 Å². The average Bonchev–Trinajstić information content (AvgIpc) is 2.95. The van der Waals surface area contributed by atoms with E-state index < -0.39 is 0 Å². The summed E-state index contributed by atoms with van der Waals surface area (Å²) in [6, 6.07) is 5.25. The molecule has 2 rings (SSSR count). The number of halogens is 2. The second-order valence-electron chi connectivity index (χ2n) is 4.84. The lowest BCUT2D eigenvalue weighted by Crippen LogP contribution is -2.26. The van der Waals surface area contributed by atoms with E-state index in [9.17, 15) is 4.79 Å². The molecule has 0 fully saturated rings. The predicted octanol–water partition coefficient (Wildman–Crippen LogP) is 3.85. The molecular weight excluding hydrogens is 309 g/mol. The standard InChI is InChI=1S/C15H17Cl2N3O/c1-11(12-4-2-5-13(16)15(12)17)19-14(21)6-3-8-20-9-7-18-10-20/h2,4-5,7,9-11H,3,6,8H2,1H3,(H,19,21). The van der Waals surface area contributed by atoms with Crippen molar-refractivity contribution in [1.82, 2.24) is 14.9 Å². The minimum absolute atomic E-state index is 0.00124. The van der Waals surface area contributed by atoms with Gasteiger partial charge in [0.15, 0.2) is 0 Å². The molecule has 0 saturated carbocycles. The molecule has 0 aliphatic heterocycles. The van der Waals surface area contributed by atoms with Crippen molar-refractivity contribution in [3.8, 4) is 0 Å². The van der Waals surface area contributed by atoms with Crippen LogP contribution in [0.25, 0.3) is 0 Å². The molecule has 1 heterocycles. The molecular formula is C15H17Cl2N3O. The van der Waals surface area contributed by atoms with Crippen LogP contribution in [0.4, 0.5) is 0 Å². The smallest absolute Gasteiger partial charge is 0.220 e. The third-order valence-corrected chi connectivity index (χ3v) is 4.04. The van der Waals surface area contributed by atoms with Gasteiger partial charge in [0.25, 0.3) is 0 Å². The highest BCUT2D eigenvalue weighted by molar-refractivity contribution is 6.42. The molecule has 0 aliphatic carbocycles. The van der Waals surface area contributed by atoms with Gasteiger partial charge in [-0.15, -0.1) is 0 Å². The first-order chi connectivity index (χ1) is 10.1. The minimum Gasteiger partial charge on any atom is -0.350 e. The van der Waals surface area contributed by atoms with Gasteiger partial charge in [0.2, 0.25) is 5.91 Å². The highest BCUT2D eigenvalue weighted by Crippen LogP contribution is 2.29. The maximum atomic E-state index is 11.9. The number of rotatable bonds is 6. The second kappa shape index (κ2) is 7.48. The molecule has 1 N–H and O–H groups in total. The van der Waals surface area contributed by atoms with E-state index in [2.05, 4.69) is 10.3 Å². The molecule has 4 nitrogen and oxygen atoms in total. The summed E-state index contributed by atoms with van der Waals surface area (Å²) in [4.78, 5) is 15.9. The Morgan fingerprint density at radius 2 is 2.24 bits per heavy atom. The van der Waals surface area contributed by atoms with E-state index in [1.165, 1.54) is 0 Å². The van der Waals surface area contributed by atoms with Gasteiger partial charge >= 0.3 is 0 Å². The monoisotopic (exact) mass is 325 g/mol. The Kier molecular flexibility index (Phi) is 5.65. The van der Waals surface area contributed by atoms with Crippen molar-refractivity contribution in [2.75, 3.05) is 0 Å². The van der Waals surface area contributed by atoms with E-state index in [-0.39, 0.29) is 11.9 Å². The molecule has 6 heteroatoms. The third kappa shape index (κ3) is 4.48. The summed E-state index contributed by atoms with van der Waals surface area (Å²) in [7, 11) is 0. The second-order valence-corrected chi connectivity index (χ2v) is 5.62. The lowest BCUT2D eigenvalue weighted by Gasteiger charge is -2.16. The van der Waals surface area contributed by atoms with E-state index >= 15 is 0 Å². The zero-order chi connectivity index (χ0) is 15.2. The summed E-state index contributed by atoms with van der Waals surface area (Å²) >= 11 is 12.1. The fraction of sp³-hybridized carbons (Fsp3) is 0.333. The van der Waals surface area contributed by atoms with Gasteiger partial charge in [0.1, 0.15) is 0 Å². The molecule has 0 aliphatic rings. The molecule has 0 saturated heterocycles.